The number of rotatable bonds is 3. The third kappa shape index (κ3) is 3.48. The van der Waals surface area contributed by atoms with Gasteiger partial charge < -0.3 is 15.6 Å². The van der Waals surface area contributed by atoms with Crippen LogP contribution in [0.3, 0.4) is 0 Å². The van der Waals surface area contributed by atoms with Crippen molar-refractivity contribution in [3.8, 4) is 0 Å². The van der Waals surface area contributed by atoms with Gasteiger partial charge in [-0.15, -0.1) is 0 Å². The van der Waals surface area contributed by atoms with Gasteiger partial charge in [-0.1, -0.05) is 12.1 Å². The number of hydrogen-bond donors (Lipinski definition) is 2. The van der Waals surface area contributed by atoms with Gasteiger partial charge >= 0.3 is 0 Å². The molecule has 2 aromatic rings. The molecule has 6 heteroatoms. The number of hydrogen-bond acceptors (Lipinski definition) is 3. The van der Waals surface area contributed by atoms with Gasteiger partial charge in [0.1, 0.15) is 6.54 Å². The lowest BCUT2D eigenvalue weighted by Gasteiger charge is -2.09. The van der Waals surface area contributed by atoms with Crippen molar-refractivity contribution in [3.05, 3.63) is 56.9 Å². The number of carbonyl (C=O) groups excluding carboxylic acids is 1. The Balaban J connectivity index is 2.15. The molecule has 20 heavy (non-hydrogen) atoms. The fourth-order valence-electron chi connectivity index (χ4n) is 1.82. The van der Waals surface area contributed by atoms with Gasteiger partial charge in [-0.25, -0.2) is 0 Å². The molecule has 0 atom stereocenters. The Morgan fingerprint density at radius 2 is 2.15 bits per heavy atom. The molecular formula is C14H14BrN3O2. The Labute approximate surface area is 124 Å². The lowest BCUT2D eigenvalue weighted by molar-refractivity contribution is -0.116. The maximum Gasteiger partial charge on any atom is 0.265 e. The van der Waals surface area contributed by atoms with E-state index >= 15 is 0 Å². The monoisotopic (exact) mass is 335 g/mol. The highest BCUT2D eigenvalue weighted by molar-refractivity contribution is 9.10. The van der Waals surface area contributed by atoms with E-state index < -0.39 is 0 Å². The van der Waals surface area contributed by atoms with Crippen molar-refractivity contribution >= 4 is 33.2 Å². The van der Waals surface area contributed by atoms with Crippen LogP contribution in [0.4, 0.5) is 11.4 Å². The van der Waals surface area contributed by atoms with Crippen molar-refractivity contribution in [1.29, 1.82) is 0 Å². The van der Waals surface area contributed by atoms with Crippen LogP contribution < -0.4 is 16.6 Å². The summed E-state index contributed by atoms with van der Waals surface area (Å²) in [5, 5.41) is 2.74. The molecule has 0 saturated carbocycles. The van der Waals surface area contributed by atoms with Crippen LogP contribution in [0.15, 0.2) is 45.8 Å². The van der Waals surface area contributed by atoms with E-state index in [1.807, 2.05) is 25.1 Å². The summed E-state index contributed by atoms with van der Waals surface area (Å²) >= 11 is 3.12. The number of pyridine rings is 1. The van der Waals surface area contributed by atoms with Gasteiger partial charge in [0.05, 0.1) is 4.47 Å². The molecule has 2 rings (SSSR count). The molecule has 0 unspecified atom stereocenters. The van der Waals surface area contributed by atoms with Crippen LogP contribution in [0.1, 0.15) is 5.56 Å². The standard InChI is InChI=1S/C14H14BrN3O2/c1-9-3-2-4-11(5-9)17-13(19)8-18-7-10(16)6-12(15)14(18)20/h2-7H,8,16H2,1H3,(H,17,19). The second-order valence-corrected chi connectivity index (χ2v) is 5.33. The quantitative estimate of drug-likeness (QED) is 0.902. The Morgan fingerprint density at radius 1 is 1.40 bits per heavy atom. The molecule has 5 nitrogen and oxygen atoms in total. The van der Waals surface area contributed by atoms with E-state index in [0.717, 1.165) is 5.56 Å². The molecule has 0 fully saturated rings. The van der Waals surface area contributed by atoms with Crippen LogP contribution in [-0.2, 0) is 11.3 Å². The van der Waals surface area contributed by atoms with E-state index in [1.165, 1.54) is 16.8 Å². The van der Waals surface area contributed by atoms with Crippen LogP contribution in [-0.4, -0.2) is 10.5 Å². The summed E-state index contributed by atoms with van der Waals surface area (Å²) < 4.78 is 1.60. The lowest BCUT2D eigenvalue weighted by atomic mass is 10.2. The van der Waals surface area contributed by atoms with Gasteiger partial charge in [-0.3, -0.25) is 9.59 Å². The second kappa shape index (κ2) is 5.92. The minimum atomic E-state index is -0.293. The van der Waals surface area contributed by atoms with E-state index in [4.69, 9.17) is 5.73 Å². The number of aromatic nitrogens is 1. The summed E-state index contributed by atoms with van der Waals surface area (Å²) in [5.41, 5.74) is 7.53. The molecule has 1 heterocycles. The summed E-state index contributed by atoms with van der Waals surface area (Å²) in [4.78, 5) is 23.8. The van der Waals surface area contributed by atoms with Crippen LogP contribution in [0, 0.1) is 6.92 Å². The summed E-state index contributed by atoms with van der Waals surface area (Å²) in [6, 6.07) is 8.96. The topological polar surface area (TPSA) is 77.1 Å². The molecule has 1 aromatic heterocycles. The summed E-state index contributed by atoms with van der Waals surface area (Å²) in [5.74, 6) is -0.282. The molecule has 0 saturated heterocycles. The number of halogens is 1. The van der Waals surface area contributed by atoms with Crippen molar-refractivity contribution in [3.63, 3.8) is 0 Å². The molecular weight excluding hydrogens is 322 g/mol. The van der Waals surface area contributed by atoms with Crippen LogP contribution in [0.5, 0.6) is 0 Å². The first kappa shape index (κ1) is 14.3. The third-order valence-electron chi connectivity index (χ3n) is 2.68. The Bertz CT molecular complexity index is 710. The molecule has 0 radical (unpaired) electrons. The average Bonchev–Trinajstić information content (AvgIpc) is 2.35. The van der Waals surface area contributed by atoms with Gasteiger partial charge in [0.15, 0.2) is 0 Å². The van der Waals surface area contributed by atoms with E-state index in [9.17, 15) is 9.59 Å². The molecule has 0 aliphatic rings. The minimum Gasteiger partial charge on any atom is -0.398 e. The van der Waals surface area contributed by atoms with Crippen molar-refractivity contribution in [1.82, 2.24) is 4.57 Å². The summed E-state index contributed by atoms with van der Waals surface area (Å²) in [6.07, 6.45) is 1.45. The van der Waals surface area contributed by atoms with Gasteiger partial charge in [0.2, 0.25) is 5.91 Å². The van der Waals surface area contributed by atoms with Crippen molar-refractivity contribution in [2.24, 2.45) is 0 Å². The van der Waals surface area contributed by atoms with Crippen molar-refractivity contribution < 1.29 is 4.79 Å². The predicted octanol–water partition coefficient (Wildman–Crippen LogP) is 2.14. The zero-order valence-corrected chi connectivity index (χ0v) is 12.5. The number of nitrogen functional groups attached to an aromatic ring is 1. The number of nitrogens with two attached hydrogens (primary N) is 1. The first-order valence-corrected chi connectivity index (χ1v) is 6.77. The number of nitrogens with zero attached hydrogens (tertiary/aromatic N) is 1. The summed E-state index contributed by atoms with van der Waals surface area (Å²) in [6.45, 7) is 1.85. The van der Waals surface area contributed by atoms with Gasteiger partial charge in [0, 0.05) is 17.6 Å². The average molecular weight is 336 g/mol. The SMILES string of the molecule is Cc1cccc(NC(=O)Cn2cc(N)cc(Br)c2=O)c1. The molecule has 1 aromatic carbocycles. The van der Waals surface area contributed by atoms with Crippen LogP contribution in [0.25, 0.3) is 0 Å². The summed E-state index contributed by atoms with van der Waals surface area (Å²) in [7, 11) is 0. The number of anilines is 2. The smallest absolute Gasteiger partial charge is 0.265 e. The van der Waals surface area contributed by atoms with Crippen molar-refractivity contribution in [2.75, 3.05) is 11.1 Å². The predicted molar refractivity (Wildman–Crippen MR) is 82.6 cm³/mol. The Kier molecular flexibility index (Phi) is 4.24. The molecule has 0 aliphatic heterocycles. The second-order valence-electron chi connectivity index (χ2n) is 4.47. The molecule has 0 aliphatic carbocycles. The maximum absolute atomic E-state index is 11.9. The highest BCUT2D eigenvalue weighted by Crippen LogP contribution is 2.10. The van der Waals surface area contributed by atoms with E-state index in [2.05, 4.69) is 21.2 Å². The van der Waals surface area contributed by atoms with Gasteiger partial charge in [-0.2, -0.15) is 0 Å². The fourth-order valence-corrected chi connectivity index (χ4v) is 2.31. The zero-order chi connectivity index (χ0) is 14.7. The molecule has 0 bridgehead atoms. The zero-order valence-electron chi connectivity index (χ0n) is 10.9. The highest BCUT2D eigenvalue weighted by atomic mass is 79.9. The normalized spacial score (nSPS) is 10.3. The van der Waals surface area contributed by atoms with E-state index in [0.29, 0.717) is 15.8 Å². The Morgan fingerprint density at radius 3 is 2.85 bits per heavy atom. The van der Waals surface area contributed by atoms with Crippen molar-refractivity contribution in [2.45, 2.75) is 13.5 Å². The number of nitrogens with one attached hydrogen (secondary N) is 1. The Hall–Kier alpha value is -2.08. The maximum atomic E-state index is 11.9. The largest absolute Gasteiger partial charge is 0.398 e. The lowest BCUT2D eigenvalue weighted by Crippen LogP contribution is -2.28. The van der Waals surface area contributed by atoms with E-state index in [-0.39, 0.29) is 18.0 Å². The van der Waals surface area contributed by atoms with Gasteiger partial charge in [0.25, 0.3) is 5.56 Å². The highest BCUT2D eigenvalue weighted by Gasteiger charge is 2.08. The number of aryl methyl sites for hydroxylation is 1. The first-order chi connectivity index (χ1) is 9.45. The molecule has 104 valence electrons. The number of amides is 1. The van der Waals surface area contributed by atoms with Crippen LogP contribution >= 0.6 is 15.9 Å². The van der Waals surface area contributed by atoms with E-state index in [1.54, 1.807) is 6.07 Å². The number of benzene rings is 1. The van der Waals surface area contributed by atoms with Gasteiger partial charge in [-0.05, 0) is 46.6 Å². The first-order valence-electron chi connectivity index (χ1n) is 5.97. The number of carbonyl (C=O) groups is 1. The molecule has 1 amide bonds. The van der Waals surface area contributed by atoms with Crippen LogP contribution in [0.2, 0.25) is 0 Å². The fraction of sp³-hybridized carbons (Fsp3) is 0.143. The molecule has 0 spiro atoms. The third-order valence-corrected chi connectivity index (χ3v) is 3.25. The molecule has 3 N–H and O–H groups in total. The minimum absolute atomic E-state index is 0.0869.